The van der Waals surface area contributed by atoms with Crippen LogP contribution < -0.4 is 10.9 Å². The highest BCUT2D eigenvalue weighted by atomic mass is 16.1. The second kappa shape index (κ2) is 5.36. The minimum absolute atomic E-state index is 0.0875. The standard InChI is InChI=1S/C15H20N2O/c1-4-11(2)16-10-13-9-12-7-5-6-8-14(12)17(3)15(13)18/h5-9,11,16H,4,10H2,1-3H3. The van der Waals surface area contributed by atoms with E-state index in [1.807, 2.05) is 37.4 Å². The number of nitrogens with one attached hydrogen (secondary N) is 1. The molecule has 0 amide bonds. The van der Waals surface area contributed by atoms with Crippen LogP contribution in [0.2, 0.25) is 0 Å². The molecule has 0 aliphatic heterocycles. The number of hydrogen-bond acceptors (Lipinski definition) is 2. The maximum Gasteiger partial charge on any atom is 0.255 e. The Balaban J connectivity index is 2.40. The molecule has 0 bridgehead atoms. The van der Waals surface area contributed by atoms with E-state index >= 15 is 0 Å². The Morgan fingerprint density at radius 1 is 1.33 bits per heavy atom. The molecule has 1 N–H and O–H groups in total. The Labute approximate surface area is 107 Å². The van der Waals surface area contributed by atoms with E-state index in [2.05, 4.69) is 19.2 Å². The van der Waals surface area contributed by atoms with E-state index in [9.17, 15) is 4.79 Å². The molecule has 1 aromatic carbocycles. The average molecular weight is 244 g/mol. The second-order valence-corrected chi connectivity index (χ2v) is 4.78. The van der Waals surface area contributed by atoms with Crippen LogP contribution in [0.1, 0.15) is 25.8 Å². The van der Waals surface area contributed by atoms with Crippen LogP contribution in [-0.4, -0.2) is 10.6 Å². The van der Waals surface area contributed by atoms with E-state index in [1.165, 1.54) is 0 Å². The Hall–Kier alpha value is -1.61. The summed E-state index contributed by atoms with van der Waals surface area (Å²) in [6, 6.07) is 10.4. The molecule has 0 saturated heterocycles. The predicted molar refractivity (Wildman–Crippen MR) is 75.8 cm³/mol. The van der Waals surface area contributed by atoms with Gasteiger partial charge in [0, 0.05) is 25.2 Å². The zero-order valence-electron chi connectivity index (χ0n) is 11.2. The first-order valence-electron chi connectivity index (χ1n) is 6.44. The summed E-state index contributed by atoms with van der Waals surface area (Å²) in [5.41, 5.74) is 1.90. The van der Waals surface area contributed by atoms with Crippen LogP contribution in [0.25, 0.3) is 10.9 Å². The molecule has 0 fully saturated rings. The quantitative estimate of drug-likeness (QED) is 0.896. The number of para-hydroxylation sites is 1. The predicted octanol–water partition coefficient (Wildman–Crippen LogP) is 2.43. The van der Waals surface area contributed by atoms with Crippen molar-refractivity contribution in [2.45, 2.75) is 32.9 Å². The second-order valence-electron chi connectivity index (χ2n) is 4.78. The first-order valence-corrected chi connectivity index (χ1v) is 6.44. The van der Waals surface area contributed by atoms with Gasteiger partial charge < -0.3 is 9.88 Å². The molecule has 1 heterocycles. The third kappa shape index (κ3) is 2.46. The molecule has 2 rings (SSSR count). The normalized spacial score (nSPS) is 12.8. The smallest absolute Gasteiger partial charge is 0.255 e. The van der Waals surface area contributed by atoms with Crippen molar-refractivity contribution in [3.8, 4) is 0 Å². The van der Waals surface area contributed by atoms with E-state index in [-0.39, 0.29) is 5.56 Å². The van der Waals surface area contributed by atoms with Crippen molar-refractivity contribution >= 4 is 10.9 Å². The molecule has 3 heteroatoms. The molecule has 0 saturated carbocycles. The summed E-state index contributed by atoms with van der Waals surface area (Å²) < 4.78 is 1.73. The Kier molecular flexibility index (Phi) is 3.82. The van der Waals surface area contributed by atoms with Gasteiger partial charge in [0.2, 0.25) is 0 Å². The van der Waals surface area contributed by atoms with Crippen molar-refractivity contribution in [2.75, 3.05) is 0 Å². The number of rotatable bonds is 4. The van der Waals surface area contributed by atoms with Gasteiger partial charge in [-0.1, -0.05) is 25.1 Å². The number of nitrogens with zero attached hydrogens (tertiary/aromatic N) is 1. The highest BCUT2D eigenvalue weighted by Gasteiger charge is 2.07. The van der Waals surface area contributed by atoms with Gasteiger partial charge in [0.1, 0.15) is 0 Å². The van der Waals surface area contributed by atoms with Gasteiger partial charge in [0.05, 0.1) is 5.52 Å². The number of benzene rings is 1. The lowest BCUT2D eigenvalue weighted by atomic mass is 10.1. The zero-order chi connectivity index (χ0) is 13.1. The lowest BCUT2D eigenvalue weighted by Crippen LogP contribution is -2.30. The van der Waals surface area contributed by atoms with Crippen LogP contribution in [-0.2, 0) is 13.6 Å². The topological polar surface area (TPSA) is 34.0 Å². The molecule has 0 radical (unpaired) electrons. The third-order valence-electron chi connectivity index (χ3n) is 3.46. The van der Waals surface area contributed by atoms with Crippen molar-refractivity contribution in [1.82, 2.24) is 9.88 Å². The molecule has 0 spiro atoms. The summed E-state index contributed by atoms with van der Waals surface area (Å²) in [6.07, 6.45) is 1.06. The van der Waals surface area contributed by atoms with Crippen LogP contribution in [0.4, 0.5) is 0 Å². The minimum Gasteiger partial charge on any atom is -0.311 e. The number of pyridine rings is 1. The van der Waals surface area contributed by atoms with Crippen LogP contribution in [0.3, 0.4) is 0 Å². The summed E-state index contributed by atoms with van der Waals surface area (Å²) in [5.74, 6) is 0. The van der Waals surface area contributed by atoms with Crippen molar-refractivity contribution in [3.63, 3.8) is 0 Å². The maximum atomic E-state index is 12.2. The van der Waals surface area contributed by atoms with E-state index in [1.54, 1.807) is 4.57 Å². The van der Waals surface area contributed by atoms with Gasteiger partial charge in [-0.25, -0.2) is 0 Å². The van der Waals surface area contributed by atoms with E-state index in [0.29, 0.717) is 12.6 Å². The SMILES string of the molecule is CCC(C)NCc1cc2ccccc2n(C)c1=O. The number of aryl methyl sites for hydroxylation is 1. The van der Waals surface area contributed by atoms with Gasteiger partial charge in [-0.15, -0.1) is 0 Å². The van der Waals surface area contributed by atoms with E-state index in [4.69, 9.17) is 0 Å². The average Bonchev–Trinajstić information content (AvgIpc) is 2.41. The van der Waals surface area contributed by atoms with E-state index in [0.717, 1.165) is 22.9 Å². The van der Waals surface area contributed by atoms with Gasteiger partial charge >= 0.3 is 0 Å². The fraction of sp³-hybridized carbons (Fsp3) is 0.400. The summed E-state index contributed by atoms with van der Waals surface area (Å²) in [6.45, 7) is 4.90. The summed E-state index contributed by atoms with van der Waals surface area (Å²) in [7, 11) is 1.83. The van der Waals surface area contributed by atoms with Crippen LogP contribution in [0.15, 0.2) is 35.1 Å². The molecule has 1 aromatic heterocycles. The minimum atomic E-state index is 0.0875. The zero-order valence-corrected chi connectivity index (χ0v) is 11.2. The first kappa shape index (κ1) is 12.8. The molecule has 3 nitrogen and oxygen atoms in total. The molecule has 96 valence electrons. The maximum absolute atomic E-state index is 12.2. The first-order chi connectivity index (χ1) is 8.63. The summed E-state index contributed by atoms with van der Waals surface area (Å²) >= 11 is 0. The lowest BCUT2D eigenvalue weighted by Gasteiger charge is -2.13. The van der Waals surface area contributed by atoms with Gasteiger partial charge in [-0.2, -0.15) is 0 Å². The van der Waals surface area contributed by atoms with Crippen LogP contribution in [0.5, 0.6) is 0 Å². The molecular formula is C15H20N2O. The number of aromatic nitrogens is 1. The fourth-order valence-electron chi connectivity index (χ4n) is 2.04. The third-order valence-corrected chi connectivity index (χ3v) is 3.46. The lowest BCUT2D eigenvalue weighted by molar-refractivity contribution is 0.531. The molecule has 1 atom stereocenters. The highest BCUT2D eigenvalue weighted by molar-refractivity contribution is 5.79. The highest BCUT2D eigenvalue weighted by Crippen LogP contribution is 2.12. The van der Waals surface area contributed by atoms with Gasteiger partial charge in [-0.05, 0) is 30.9 Å². The van der Waals surface area contributed by atoms with Gasteiger partial charge in [0.25, 0.3) is 5.56 Å². The fourth-order valence-corrected chi connectivity index (χ4v) is 2.04. The van der Waals surface area contributed by atoms with Crippen LogP contribution >= 0.6 is 0 Å². The number of fused-ring (bicyclic) bond motifs is 1. The summed E-state index contributed by atoms with van der Waals surface area (Å²) in [5, 5.41) is 4.48. The van der Waals surface area contributed by atoms with Crippen molar-refractivity contribution in [2.24, 2.45) is 7.05 Å². The largest absolute Gasteiger partial charge is 0.311 e. The van der Waals surface area contributed by atoms with Crippen LogP contribution in [0, 0.1) is 0 Å². The Morgan fingerprint density at radius 3 is 2.78 bits per heavy atom. The summed E-state index contributed by atoms with van der Waals surface area (Å²) in [4.78, 5) is 12.2. The molecule has 18 heavy (non-hydrogen) atoms. The van der Waals surface area contributed by atoms with E-state index < -0.39 is 0 Å². The molecule has 1 unspecified atom stereocenters. The molecular weight excluding hydrogens is 224 g/mol. The molecule has 2 aromatic rings. The van der Waals surface area contributed by atoms with Crippen molar-refractivity contribution in [1.29, 1.82) is 0 Å². The number of hydrogen-bond donors (Lipinski definition) is 1. The van der Waals surface area contributed by atoms with Gasteiger partial charge in [0.15, 0.2) is 0 Å². The van der Waals surface area contributed by atoms with Crippen molar-refractivity contribution < 1.29 is 0 Å². The Bertz CT molecular complexity index is 601. The van der Waals surface area contributed by atoms with Gasteiger partial charge in [-0.3, -0.25) is 4.79 Å². The molecule has 0 aliphatic carbocycles. The monoisotopic (exact) mass is 244 g/mol. The van der Waals surface area contributed by atoms with Crippen molar-refractivity contribution in [3.05, 3.63) is 46.2 Å². The Morgan fingerprint density at radius 2 is 2.06 bits per heavy atom. The molecule has 0 aliphatic rings.